The lowest BCUT2D eigenvalue weighted by Gasteiger charge is -2.08. The Kier molecular flexibility index (Phi) is 3.82. The number of allylic oxidation sites excluding steroid dienone is 1. The summed E-state index contributed by atoms with van der Waals surface area (Å²) in [6, 6.07) is 13.5. The maximum atomic E-state index is 10.4. The lowest BCUT2D eigenvalue weighted by molar-refractivity contribution is -0.104. The van der Waals surface area contributed by atoms with Crippen molar-refractivity contribution in [3.8, 4) is 0 Å². The largest absolute Gasteiger partial charge is 0.299 e. The van der Waals surface area contributed by atoms with Crippen LogP contribution in [0.25, 0.3) is 11.6 Å². The number of aromatic nitrogens is 1. The molecule has 1 heterocycles. The summed E-state index contributed by atoms with van der Waals surface area (Å²) in [7, 11) is 0. The second-order valence-corrected chi connectivity index (χ2v) is 3.78. The van der Waals surface area contributed by atoms with Crippen molar-refractivity contribution in [2.75, 3.05) is 0 Å². The maximum Gasteiger partial charge on any atom is 0.142 e. The molecule has 0 saturated heterocycles. The van der Waals surface area contributed by atoms with Crippen LogP contribution in [-0.2, 0) is 4.79 Å². The van der Waals surface area contributed by atoms with E-state index in [1.54, 1.807) is 12.3 Å². The highest BCUT2D eigenvalue weighted by Gasteiger charge is 2.06. The van der Waals surface area contributed by atoms with Gasteiger partial charge in [-0.2, -0.15) is 0 Å². The Morgan fingerprint density at radius 1 is 1.11 bits per heavy atom. The van der Waals surface area contributed by atoms with Gasteiger partial charge in [0, 0.05) is 11.8 Å². The van der Waals surface area contributed by atoms with Gasteiger partial charge in [0.2, 0.25) is 0 Å². The predicted octanol–water partition coefficient (Wildman–Crippen LogP) is 3.36. The van der Waals surface area contributed by atoms with Crippen molar-refractivity contribution in [3.63, 3.8) is 0 Å². The molecule has 18 heavy (non-hydrogen) atoms. The number of hydrogen-bond acceptors (Lipinski definition) is 2. The van der Waals surface area contributed by atoms with Gasteiger partial charge in [-0.05, 0) is 29.3 Å². The number of pyridine rings is 1. The van der Waals surface area contributed by atoms with E-state index in [4.69, 9.17) is 0 Å². The van der Waals surface area contributed by atoms with Gasteiger partial charge in [0.05, 0.1) is 5.69 Å². The summed E-state index contributed by atoms with van der Waals surface area (Å²) in [6.07, 6.45) is 5.76. The molecule has 0 radical (unpaired) electrons. The van der Waals surface area contributed by atoms with Gasteiger partial charge in [0.15, 0.2) is 0 Å². The fourth-order valence-corrected chi connectivity index (χ4v) is 1.74. The summed E-state index contributed by atoms with van der Waals surface area (Å²) in [5.74, 6) is 0. The van der Waals surface area contributed by atoms with E-state index in [1.807, 2.05) is 42.5 Å². The average molecular weight is 235 g/mol. The van der Waals surface area contributed by atoms with E-state index in [2.05, 4.69) is 11.6 Å². The Labute approximate surface area is 106 Å². The van der Waals surface area contributed by atoms with E-state index < -0.39 is 0 Å². The molecule has 0 spiro atoms. The van der Waals surface area contributed by atoms with Gasteiger partial charge < -0.3 is 0 Å². The van der Waals surface area contributed by atoms with Gasteiger partial charge in [-0.1, -0.05) is 43.0 Å². The molecule has 0 aliphatic heterocycles. The molecule has 2 rings (SSSR count). The van der Waals surface area contributed by atoms with Gasteiger partial charge in [0.1, 0.15) is 6.29 Å². The predicted molar refractivity (Wildman–Crippen MR) is 73.9 cm³/mol. The maximum absolute atomic E-state index is 10.4. The molecular formula is C16H13NO. The second kappa shape index (κ2) is 5.73. The molecule has 88 valence electrons. The second-order valence-electron chi connectivity index (χ2n) is 3.78. The molecule has 0 fully saturated rings. The highest BCUT2D eigenvalue weighted by molar-refractivity contribution is 5.84. The molecule has 0 amide bonds. The van der Waals surface area contributed by atoms with Gasteiger partial charge >= 0.3 is 0 Å². The van der Waals surface area contributed by atoms with Crippen molar-refractivity contribution < 1.29 is 4.79 Å². The number of carbonyl (C=O) groups is 1. The normalized spacial score (nSPS) is 10.4. The zero-order chi connectivity index (χ0) is 12.8. The first-order chi connectivity index (χ1) is 8.83. The summed E-state index contributed by atoms with van der Waals surface area (Å²) >= 11 is 0. The monoisotopic (exact) mass is 235 g/mol. The highest BCUT2D eigenvalue weighted by atomic mass is 16.1. The summed E-state index contributed by atoms with van der Waals surface area (Å²) in [4.78, 5) is 14.7. The van der Waals surface area contributed by atoms with E-state index in [1.165, 1.54) is 6.08 Å². The zero-order valence-electron chi connectivity index (χ0n) is 9.91. The van der Waals surface area contributed by atoms with Crippen LogP contribution in [0.2, 0.25) is 0 Å². The van der Waals surface area contributed by atoms with Crippen LogP contribution in [0.4, 0.5) is 0 Å². The zero-order valence-corrected chi connectivity index (χ0v) is 9.91. The fourth-order valence-electron chi connectivity index (χ4n) is 1.74. The summed E-state index contributed by atoms with van der Waals surface area (Å²) < 4.78 is 0. The van der Waals surface area contributed by atoms with Crippen LogP contribution < -0.4 is 0 Å². The molecule has 2 nitrogen and oxygen atoms in total. The Morgan fingerprint density at radius 3 is 2.61 bits per heavy atom. The van der Waals surface area contributed by atoms with Crippen molar-refractivity contribution >= 4 is 17.9 Å². The van der Waals surface area contributed by atoms with Crippen LogP contribution in [0.3, 0.4) is 0 Å². The fraction of sp³-hybridized carbons (Fsp3) is 0. The van der Waals surface area contributed by atoms with Crippen molar-refractivity contribution in [1.82, 2.24) is 4.98 Å². The SMILES string of the molecule is C=C(c1ccccn1)c1ccccc1/C=C/C=O. The molecule has 2 aromatic rings. The van der Waals surface area contributed by atoms with Crippen LogP contribution in [0.15, 0.2) is 61.3 Å². The van der Waals surface area contributed by atoms with Gasteiger partial charge in [0.25, 0.3) is 0 Å². The molecule has 0 bridgehead atoms. The number of nitrogens with zero attached hydrogens (tertiary/aromatic N) is 1. The first-order valence-corrected chi connectivity index (χ1v) is 5.64. The van der Waals surface area contributed by atoms with Crippen LogP contribution in [0, 0.1) is 0 Å². The van der Waals surface area contributed by atoms with E-state index in [9.17, 15) is 4.79 Å². The molecule has 2 heteroatoms. The average Bonchev–Trinajstić information content (AvgIpc) is 2.45. The van der Waals surface area contributed by atoms with E-state index in [0.29, 0.717) is 0 Å². The third kappa shape index (κ3) is 2.61. The van der Waals surface area contributed by atoms with Crippen LogP contribution in [0.5, 0.6) is 0 Å². The van der Waals surface area contributed by atoms with Crippen molar-refractivity contribution in [2.24, 2.45) is 0 Å². The van der Waals surface area contributed by atoms with Crippen molar-refractivity contribution in [3.05, 3.63) is 78.1 Å². The molecule has 1 aromatic heterocycles. The molecular weight excluding hydrogens is 222 g/mol. The van der Waals surface area contributed by atoms with Crippen molar-refractivity contribution in [2.45, 2.75) is 0 Å². The molecule has 0 aliphatic rings. The minimum atomic E-state index is 0.764. The molecule has 0 atom stereocenters. The third-order valence-electron chi connectivity index (χ3n) is 2.61. The minimum absolute atomic E-state index is 0.764. The van der Waals surface area contributed by atoms with Gasteiger partial charge in [-0.3, -0.25) is 9.78 Å². The number of carbonyl (C=O) groups excluding carboxylic acids is 1. The molecule has 0 aliphatic carbocycles. The van der Waals surface area contributed by atoms with Crippen molar-refractivity contribution in [1.29, 1.82) is 0 Å². The molecule has 1 aromatic carbocycles. The molecule has 0 unspecified atom stereocenters. The smallest absolute Gasteiger partial charge is 0.142 e. The molecule has 0 saturated carbocycles. The Balaban J connectivity index is 2.42. The van der Waals surface area contributed by atoms with Gasteiger partial charge in [-0.15, -0.1) is 0 Å². The highest BCUT2D eigenvalue weighted by Crippen LogP contribution is 2.23. The van der Waals surface area contributed by atoms with Crippen LogP contribution in [-0.4, -0.2) is 11.3 Å². The van der Waals surface area contributed by atoms with E-state index in [0.717, 1.165) is 28.7 Å². The van der Waals surface area contributed by atoms with Crippen LogP contribution in [0.1, 0.15) is 16.8 Å². The molecule has 0 N–H and O–H groups in total. The minimum Gasteiger partial charge on any atom is -0.299 e. The van der Waals surface area contributed by atoms with Crippen LogP contribution >= 0.6 is 0 Å². The number of hydrogen-bond donors (Lipinski definition) is 0. The van der Waals surface area contributed by atoms with E-state index in [-0.39, 0.29) is 0 Å². The van der Waals surface area contributed by atoms with E-state index >= 15 is 0 Å². The first-order valence-electron chi connectivity index (χ1n) is 5.64. The first kappa shape index (κ1) is 12.0. The summed E-state index contributed by atoms with van der Waals surface area (Å²) in [5.41, 5.74) is 3.63. The quantitative estimate of drug-likeness (QED) is 0.601. The number of rotatable bonds is 4. The Hall–Kier alpha value is -2.48. The summed E-state index contributed by atoms with van der Waals surface area (Å²) in [5, 5.41) is 0. The third-order valence-corrected chi connectivity index (χ3v) is 2.61. The lowest BCUT2D eigenvalue weighted by atomic mass is 9.98. The standard InChI is InChI=1S/C16H13NO/c1-13(16-10-4-5-11-17-16)15-9-3-2-7-14(15)8-6-12-18/h2-12H,1H2/b8-6+. The summed E-state index contributed by atoms with van der Waals surface area (Å²) in [6.45, 7) is 4.08. The lowest BCUT2D eigenvalue weighted by Crippen LogP contribution is -1.92. The Bertz CT molecular complexity index is 585. The topological polar surface area (TPSA) is 30.0 Å². The number of aldehydes is 1. The Morgan fingerprint density at radius 2 is 1.89 bits per heavy atom. The number of benzene rings is 1. The van der Waals surface area contributed by atoms with Gasteiger partial charge in [-0.25, -0.2) is 0 Å².